The summed E-state index contributed by atoms with van der Waals surface area (Å²) >= 11 is 1.39. The van der Waals surface area contributed by atoms with Gasteiger partial charge >= 0.3 is 17.9 Å². The number of fused-ring (bicyclic) bond motifs is 5. The first-order valence-corrected chi connectivity index (χ1v) is 15.9. The van der Waals surface area contributed by atoms with Gasteiger partial charge in [0, 0.05) is 33.5 Å². The fourth-order valence-corrected chi connectivity index (χ4v) is 9.41. The molecule has 0 saturated heterocycles. The summed E-state index contributed by atoms with van der Waals surface area (Å²) in [6.45, 7) is 4.73. The van der Waals surface area contributed by atoms with Crippen LogP contribution in [0.15, 0.2) is 82.1 Å². The highest BCUT2D eigenvalue weighted by Gasteiger charge is 2.76. The van der Waals surface area contributed by atoms with Crippen molar-refractivity contribution in [3.05, 3.63) is 77.9 Å². The zero-order chi connectivity index (χ0) is 32.4. The van der Waals surface area contributed by atoms with Gasteiger partial charge in [-0.25, -0.2) is 14.0 Å². The lowest BCUT2D eigenvalue weighted by Crippen LogP contribution is -2.69. The second-order valence-electron chi connectivity index (χ2n) is 13.0. The molecule has 0 unspecified atom stereocenters. The Morgan fingerprint density at radius 2 is 1.76 bits per heavy atom. The average molecular weight is 635 g/mol. The standard InChI is InChI=1S/C35H35FO8S/c1-20(37)43-24-5-4-6-26(18-24)45-25-10-7-21(8-11-25)30(40)44-34(31(41)42)16-14-27-28-12-9-22-17-23(38)13-15-32(22,2)35(28,36)29(39)19-33(27,34)3/h4-8,10-11,13,15,17-18,27-29,39H,9,12,14,16,19H2,1-3H3,(H,41,42)/t27-,28-,29-,32-,33-,34-,35-/m0/s1. The summed E-state index contributed by atoms with van der Waals surface area (Å²) in [5.41, 5.74) is -5.70. The monoisotopic (exact) mass is 634 g/mol. The Labute approximate surface area is 264 Å². The van der Waals surface area contributed by atoms with Crippen LogP contribution in [0.4, 0.5) is 4.39 Å². The van der Waals surface area contributed by atoms with Crippen molar-refractivity contribution in [1.29, 1.82) is 0 Å². The molecule has 0 aromatic heterocycles. The van der Waals surface area contributed by atoms with Crippen LogP contribution in [-0.4, -0.2) is 51.3 Å². The fourth-order valence-electron chi connectivity index (χ4n) is 8.54. The number of aliphatic hydroxyl groups excluding tert-OH is 1. The quantitative estimate of drug-likeness (QED) is 0.286. The SMILES string of the molecule is CC(=O)Oc1cccc(Sc2ccc(C(=O)O[C@]3(C(=O)O)CC[C@H]4[C@@H]5CCC6=CC(=O)C=C[C@]6(C)[C@@]5(F)[C@@H](O)C[C@@]43C)cc2)c1. The lowest BCUT2D eigenvalue weighted by molar-refractivity contribution is -0.222. The number of allylic oxidation sites excluding steroid dienone is 4. The van der Waals surface area contributed by atoms with Crippen LogP contribution in [0.25, 0.3) is 0 Å². The molecule has 236 valence electrons. The minimum absolute atomic E-state index is 0.00507. The predicted octanol–water partition coefficient (Wildman–Crippen LogP) is 6.11. The number of carboxylic acids is 1. The number of halogens is 1. The summed E-state index contributed by atoms with van der Waals surface area (Å²) < 4.78 is 28.5. The van der Waals surface area contributed by atoms with Crippen LogP contribution in [0.3, 0.4) is 0 Å². The van der Waals surface area contributed by atoms with Crippen LogP contribution >= 0.6 is 11.8 Å². The van der Waals surface area contributed by atoms with E-state index in [-0.39, 0.29) is 24.2 Å². The highest BCUT2D eigenvalue weighted by molar-refractivity contribution is 7.99. The van der Waals surface area contributed by atoms with Gasteiger partial charge in [0.2, 0.25) is 5.60 Å². The number of hydrogen-bond acceptors (Lipinski definition) is 8. The van der Waals surface area contributed by atoms with E-state index in [0.29, 0.717) is 30.6 Å². The normalized spacial score (nSPS) is 35.0. The van der Waals surface area contributed by atoms with Gasteiger partial charge in [0.05, 0.1) is 11.7 Å². The van der Waals surface area contributed by atoms with Crippen LogP contribution in [0.1, 0.15) is 63.2 Å². The number of carbonyl (C=O) groups excluding carboxylic acids is 3. The van der Waals surface area contributed by atoms with Gasteiger partial charge in [0.25, 0.3) is 0 Å². The summed E-state index contributed by atoms with van der Waals surface area (Å²) in [5.74, 6) is -3.51. The first kappa shape index (κ1) is 31.2. The van der Waals surface area contributed by atoms with Crippen molar-refractivity contribution in [2.24, 2.45) is 22.7 Å². The topological polar surface area (TPSA) is 127 Å². The molecule has 4 aliphatic rings. The van der Waals surface area contributed by atoms with Crippen molar-refractivity contribution in [1.82, 2.24) is 0 Å². The molecule has 3 saturated carbocycles. The van der Waals surface area contributed by atoms with E-state index in [1.807, 2.05) is 6.07 Å². The van der Waals surface area contributed by atoms with Gasteiger partial charge in [0.15, 0.2) is 11.5 Å². The molecule has 2 N–H and O–H groups in total. The summed E-state index contributed by atoms with van der Waals surface area (Å²) in [6, 6.07) is 13.5. The third kappa shape index (κ3) is 4.76. The number of esters is 2. The van der Waals surface area contributed by atoms with E-state index >= 15 is 4.39 Å². The zero-order valence-corrected chi connectivity index (χ0v) is 26.1. The first-order valence-electron chi connectivity index (χ1n) is 15.1. The number of benzene rings is 2. The molecule has 2 aromatic rings. The molecule has 0 aliphatic heterocycles. The van der Waals surface area contributed by atoms with E-state index in [1.54, 1.807) is 62.4 Å². The molecular weight excluding hydrogens is 599 g/mol. The molecule has 3 fully saturated rings. The molecule has 6 rings (SSSR count). The molecule has 0 heterocycles. The molecule has 0 radical (unpaired) electrons. The Balaban J connectivity index is 1.24. The summed E-state index contributed by atoms with van der Waals surface area (Å²) in [4.78, 5) is 51.5. The largest absolute Gasteiger partial charge is 0.478 e. The number of aliphatic hydroxyl groups is 1. The van der Waals surface area contributed by atoms with Gasteiger partial charge in [-0.1, -0.05) is 36.4 Å². The number of carboxylic acid groups (broad SMARTS) is 1. The predicted molar refractivity (Wildman–Crippen MR) is 162 cm³/mol. The lowest BCUT2D eigenvalue weighted by Gasteiger charge is -2.62. The molecule has 10 heteroatoms. The summed E-state index contributed by atoms with van der Waals surface area (Å²) in [5, 5.41) is 22.2. The van der Waals surface area contributed by atoms with Crippen molar-refractivity contribution in [2.45, 2.75) is 80.0 Å². The Bertz CT molecular complexity index is 1650. The third-order valence-electron chi connectivity index (χ3n) is 10.8. The Kier molecular flexibility index (Phi) is 7.60. The summed E-state index contributed by atoms with van der Waals surface area (Å²) in [7, 11) is 0. The van der Waals surface area contributed by atoms with Gasteiger partial charge in [-0.05, 0) is 99.6 Å². The van der Waals surface area contributed by atoms with Crippen LogP contribution in [0.2, 0.25) is 0 Å². The van der Waals surface area contributed by atoms with Crippen LogP contribution in [-0.2, 0) is 19.1 Å². The van der Waals surface area contributed by atoms with Crippen LogP contribution in [0.5, 0.6) is 5.75 Å². The van der Waals surface area contributed by atoms with Crippen molar-refractivity contribution in [3.8, 4) is 5.75 Å². The van der Waals surface area contributed by atoms with E-state index in [9.17, 15) is 29.4 Å². The highest BCUT2D eigenvalue weighted by atomic mass is 32.2. The molecule has 0 spiro atoms. The maximum atomic E-state index is 17.4. The first-order chi connectivity index (χ1) is 21.2. The van der Waals surface area contributed by atoms with Crippen molar-refractivity contribution in [2.75, 3.05) is 0 Å². The smallest absolute Gasteiger partial charge is 0.348 e. The van der Waals surface area contributed by atoms with Crippen LogP contribution < -0.4 is 4.74 Å². The second-order valence-corrected chi connectivity index (χ2v) is 14.2. The summed E-state index contributed by atoms with van der Waals surface area (Å²) in [6.07, 6.45) is 3.73. The molecule has 7 atom stereocenters. The van der Waals surface area contributed by atoms with E-state index in [0.717, 1.165) is 9.79 Å². The maximum Gasteiger partial charge on any atom is 0.348 e. The van der Waals surface area contributed by atoms with E-state index in [4.69, 9.17) is 9.47 Å². The van der Waals surface area contributed by atoms with Gasteiger partial charge in [-0.3, -0.25) is 9.59 Å². The van der Waals surface area contributed by atoms with E-state index in [2.05, 4.69) is 0 Å². The van der Waals surface area contributed by atoms with Crippen molar-refractivity contribution < 1.29 is 43.3 Å². The molecular formula is C35H35FO8S. The van der Waals surface area contributed by atoms with Crippen LogP contribution in [0, 0.1) is 22.7 Å². The molecule has 45 heavy (non-hydrogen) atoms. The van der Waals surface area contributed by atoms with Gasteiger partial charge in [0.1, 0.15) is 5.75 Å². The van der Waals surface area contributed by atoms with Gasteiger partial charge < -0.3 is 19.7 Å². The number of carbonyl (C=O) groups is 4. The zero-order valence-electron chi connectivity index (χ0n) is 25.2. The van der Waals surface area contributed by atoms with E-state index in [1.165, 1.54) is 30.8 Å². The second kappa shape index (κ2) is 10.9. The molecule has 2 aromatic carbocycles. The third-order valence-corrected chi connectivity index (χ3v) is 11.8. The number of ether oxygens (including phenoxy) is 2. The number of hydrogen-bond donors (Lipinski definition) is 2. The molecule has 0 amide bonds. The van der Waals surface area contributed by atoms with Crippen molar-refractivity contribution in [3.63, 3.8) is 0 Å². The maximum absolute atomic E-state index is 17.4. The molecule has 8 nitrogen and oxygen atoms in total. The van der Waals surface area contributed by atoms with Crippen molar-refractivity contribution >= 4 is 35.5 Å². The number of aliphatic carboxylic acids is 1. The number of alkyl halides is 1. The minimum atomic E-state index is -2.11. The number of rotatable bonds is 6. The Morgan fingerprint density at radius 3 is 2.44 bits per heavy atom. The minimum Gasteiger partial charge on any atom is -0.478 e. The Hall–Kier alpha value is -3.76. The van der Waals surface area contributed by atoms with E-state index < -0.39 is 57.9 Å². The average Bonchev–Trinajstić information content (AvgIpc) is 3.26. The molecule has 0 bridgehead atoms. The fraction of sp³-hybridized carbons (Fsp3) is 0.429. The molecule has 4 aliphatic carbocycles. The van der Waals surface area contributed by atoms with Gasteiger partial charge in [-0.15, -0.1) is 0 Å². The highest BCUT2D eigenvalue weighted by Crippen LogP contribution is 2.70. The van der Waals surface area contributed by atoms with Gasteiger partial charge in [-0.2, -0.15) is 0 Å². The Morgan fingerprint density at radius 1 is 1.02 bits per heavy atom. The lowest BCUT2D eigenvalue weighted by atomic mass is 9.45. The number of ketones is 1.